The maximum Gasteiger partial charge on any atom is 0.404 e. The minimum absolute atomic E-state index is 0.395. The molecule has 5 heteroatoms. The van der Waals surface area contributed by atoms with Crippen molar-refractivity contribution in [2.75, 3.05) is 0 Å². The molecule has 94 valence electrons. The molecule has 1 heterocycles. The molecule has 0 aliphatic rings. The van der Waals surface area contributed by atoms with Gasteiger partial charge in [-0.1, -0.05) is 26.8 Å². The first-order valence-electron chi connectivity index (χ1n) is 5.40. The van der Waals surface area contributed by atoms with E-state index in [0.717, 1.165) is 0 Å². The van der Waals surface area contributed by atoms with Gasteiger partial charge in [-0.15, -0.1) is 0 Å². The van der Waals surface area contributed by atoms with Crippen LogP contribution in [0.3, 0.4) is 0 Å². The quantitative estimate of drug-likeness (QED) is 0.749. The Bertz CT molecular complexity index is 373. The van der Waals surface area contributed by atoms with Crippen LogP contribution < -0.4 is 5.32 Å². The van der Waals surface area contributed by atoms with Crippen LogP contribution in [0.1, 0.15) is 32.4 Å². The molecule has 1 rings (SSSR count). The number of hydrogen-bond acceptors (Lipinski definition) is 3. The Balaban J connectivity index is 2.95. The first-order chi connectivity index (χ1) is 7.82. The Labute approximate surface area is 101 Å². The van der Waals surface area contributed by atoms with Gasteiger partial charge in [-0.25, -0.2) is 4.79 Å². The second-order valence-corrected chi connectivity index (χ2v) is 5.02. The molecular weight excluding hydrogens is 220 g/mol. The van der Waals surface area contributed by atoms with Crippen molar-refractivity contribution in [1.29, 1.82) is 0 Å². The summed E-state index contributed by atoms with van der Waals surface area (Å²) >= 11 is 0. The number of aliphatic hydroxyl groups is 1. The first kappa shape index (κ1) is 13.4. The highest BCUT2D eigenvalue weighted by Gasteiger charge is 2.33. The molecule has 1 aromatic rings. The number of pyridine rings is 1. The lowest BCUT2D eigenvalue weighted by molar-refractivity contribution is 0.0682. The molecule has 2 unspecified atom stereocenters. The molecule has 0 saturated carbocycles. The predicted molar refractivity (Wildman–Crippen MR) is 63.6 cm³/mol. The number of carbonyl (C=O) groups is 1. The van der Waals surface area contributed by atoms with Crippen molar-refractivity contribution in [3.63, 3.8) is 0 Å². The van der Waals surface area contributed by atoms with Crippen molar-refractivity contribution in [1.82, 2.24) is 10.3 Å². The van der Waals surface area contributed by atoms with Crippen LogP contribution in [-0.4, -0.2) is 27.3 Å². The van der Waals surface area contributed by atoms with Gasteiger partial charge in [0.25, 0.3) is 0 Å². The fourth-order valence-corrected chi connectivity index (χ4v) is 1.65. The van der Waals surface area contributed by atoms with Crippen LogP contribution in [0, 0.1) is 5.41 Å². The van der Waals surface area contributed by atoms with E-state index >= 15 is 0 Å². The third kappa shape index (κ3) is 3.71. The molecule has 1 aromatic heterocycles. The molecule has 0 bridgehead atoms. The van der Waals surface area contributed by atoms with Crippen LogP contribution in [0.2, 0.25) is 0 Å². The van der Waals surface area contributed by atoms with Gasteiger partial charge in [0.05, 0.1) is 6.04 Å². The van der Waals surface area contributed by atoms with Crippen LogP contribution in [0.25, 0.3) is 0 Å². The van der Waals surface area contributed by atoms with Crippen LogP contribution in [0.4, 0.5) is 4.79 Å². The van der Waals surface area contributed by atoms with E-state index in [1.165, 1.54) is 6.20 Å². The second kappa shape index (κ2) is 5.14. The number of nitrogens with zero attached hydrogens (tertiary/aromatic N) is 1. The van der Waals surface area contributed by atoms with Gasteiger partial charge in [0, 0.05) is 18.0 Å². The van der Waals surface area contributed by atoms with Gasteiger partial charge >= 0.3 is 6.09 Å². The molecule has 0 spiro atoms. The Morgan fingerprint density at radius 1 is 1.47 bits per heavy atom. The number of hydrogen-bond donors (Lipinski definition) is 3. The van der Waals surface area contributed by atoms with E-state index in [1.807, 2.05) is 20.8 Å². The Morgan fingerprint density at radius 3 is 2.53 bits per heavy atom. The SMILES string of the molecule is CC(C)(C)C(NC(=O)O)C(O)c1cccnc1. The Morgan fingerprint density at radius 2 is 2.12 bits per heavy atom. The maximum absolute atomic E-state index is 10.8. The lowest BCUT2D eigenvalue weighted by atomic mass is 9.81. The summed E-state index contributed by atoms with van der Waals surface area (Å²) in [4.78, 5) is 14.7. The smallest absolute Gasteiger partial charge is 0.404 e. The van der Waals surface area contributed by atoms with E-state index in [9.17, 15) is 9.90 Å². The van der Waals surface area contributed by atoms with Gasteiger partial charge in [0.2, 0.25) is 0 Å². The van der Waals surface area contributed by atoms with E-state index in [1.54, 1.807) is 18.3 Å². The molecular formula is C12H18N2O3. The van der Waals surface area contributed by atoms with Gasteiger partial charge in [-0.05, 0) is 11.5 Å². The van der Waals surface area contributed by atoms with Crippen LogP contribution in [0.15, 0.2) is 24.5 Å². The summed E-state index contributed by atoms with van der Waals surface area (Å²) in [5.74, 6) is 0. The van der Waals surface area contributed by atoms with Crippen molar-refractivity contribution in [3.8, 4) is 0 Å². The zero-order valence-corrected chi connectivity index (χ0v) is 10.2. The lowest BCUT2D eigenvalue weighted by Gasteiger charge is -2.34. The second-order valence-electron chi connectivity index (χ2n) is 5.02. The maximum atomic E-state index is 10.8. The van der Waals surface area contributed by atoms with E-state index in [2.05, 4.69) is 10.3 Å². The summed E-state index contributed by atoms with van der Waals surface area (Å²) in [6.45, 7) is 5.60. The molecule has 17 heavy (non-hydrogen) atoms. The third-order valence-corrected chi connectivity index (χ3v) is 2.55. The van der Waals surface area contributed by atoms with Crippen LogP contribution in [0.5, 0.6) is 0 Å². The number of amides is 1. The van der Waals surface area contributed by atoms with Crippen molar-refractivity contribution in [2.24, 2.45) is 5.41 Å². The summed E-state index contributed by atoms with van der Waals surface area (Å²) < 4.78 is 0. The van der Waals surface area contributed by atoms with E-state index in [-0.39, 0.29) is 0 Å². The average Bonchev–Trinajstić information content (AvgIpc) is 2.24. The normalized spacial score (nSPS) is 15.1. The van der Waals surface area contributed by atoms with Gasteiger partial charge < -0.3 is 15.5 Å². The molecule has 1 amide bonds. The largest absolute Gasteiger partial charge is 0.465 e. The number of rotatable bonds is 3. The summed E-state index contributed by atoms with van der Waals surface area (Å²) in [5.41, 5.74) is 0.203. The highest BCUT2D eigenvalue weighted by molar-refractivity contribution is 5.65. The van der Waals surface area contributed by atoms with Crippen molar-refractivity contribution in [2.45, 2.75) is 32.9 Å². The van der Waals surface area contributed by atoms with E-state index < -0.39 is 23.7 Å². The monoisotopic (exact) mass is 238 g/mol. The molecule has 5 nitrogen and oxygen atoms in total. The molecule has 0 aromatic carbocycles. The topological polar surface area (TPSA) is 82.5 Å². The lowest BCUT2D eigenvalue weighted by Crippen LogP contribution is -2.47. The van der Waals surface area contributed by atoms with Crippen molar-refractivity contribution >= 4 is 6.09 Å². The van der Waals surface area contributed by atoms with Gasteiger partial charge in [0.15, 0.2) is 0 Å². The summed E-state index contributed by atoms with van der Waals surface area (Å²) in [6.07, 6.45) is 1.08. The highest BCUT2D eigenvalue weighted by Crippen LogP contribution is 2.29. The Hall–Kier alpha value is -1.62. The standard InChI is InChI=1S/C12H18N2O3/c1-12(2,3)10(14-11(16)17)9(15)8-5-4-6-13-7-8/h4-7,9-10,14-15H,1-3H3,(H,16,17). The van der Waals surface area contributed by atoms with E-state index in [4.69, 9.17) is 5.11 Å². The van der Waals surface area contributed by atoms with Crippen LogP contribution >= 0.6 is 0 Å². The molecule has 0 fully saturated rings. The molecule has 3 N–H and O–H groups in total. The minimum Gasteiger partial charge on any atom is -0.465 e. The highest BCUT2D eigenvalue weighted by atomic mass is 16.4. The van der Waals surface area contributed by atoms with Crippen LogP contribution in [-0.2, 0) is 0 Å². The molecule has 0 radical (unpaired) electrons. The third-order valence-electron chi connectivity index (χ3n) is 2.55. The molecule has 2 atom stereocenters. The van der Waals surface area contributed by atoms with Gasteiger partial charge in [0.1, 0.15) is 6.10 Å². The summed E-state index contributed by atoms with van der Waals surface area (Å²) in [5, 5.41) is 21.4. The average molecular weight is 238 g/mol. The number of nitrogens with one attached hydrogen (secondary N) is 1. The summed E-state index contributed by atoms with van der Waals surface area (Å²) in [7, 11) is 0. The van der Waals surface area contributed by atoms with Gasteiger partial charge in [-0.2, -0.15) is 0 Å². The molecule has 0 aliphatic heterocycles. The van der Waals surface area contributed by atoms with Crippen molar-refractivity contribution < 1.29 is 15.0 Å². The molecule has 0 aliphatic carbocycles. The number of aromatic nitrogens is 1. The zero-order valence-electron chi connectivity index (χ0n) is 10.2. The zero-order chi connectivity index (χ0) is 13.1. The first-order valence-corrected chi connectivity index (χ1v) is 5.40. The van der Waals surface area contributed by atoms with E-state index in [0.29, 0.717) is 5.56 Å². The fourth-order valence-electron chi connectivity index (χ4n) is 1.65. The number of carboxylic acid groups (broad SMARTS) is 1. The number of aliphatic hydroxyl groups excluding tert-OH is 1. The summed E-state index contributed by atoms with van der Waals surface area (Å²) in [6, 6.07) is 2.84. The fraction of sp³-hybridized carbons (Fsp3) is 0.500. The Kier molecular flexibility index (Phi) is 4.07. The molecule has 0 saturated heterocycles. The minimum atomic E-state index is -1.15. The van der Waals surface area contributed by atoms with Gasteiger partial charge in [-0.3, -0.25) is 4.98 Å². The predicted octanol–water partition coefficient (Wildman–Crippen LogP) is 1.80. The van der Waals surface area contributed by atoms with Crippen molar-refractivity contribution in [3.05, 3.63) is 30.1 Å².